The zero-order chi connectivity index (χ0) is 20.6. The third kappa shape index (κ3) is 5.82. The van der Waals surface area contributed by atoms with Crippen LogP contribution in [0.1, 0.15) is 56.9 Å². The van der Waals surface area contributed by atoms with Crippen molar-refractivity contribution >= 4 is 23.9 Å². The van der Waals surface area contributed by atoms with Gasteiger partial charge in [-0.2, -0.15) is 0 Å². The van der Waals surface area contributed by atoms with E-state index < -0.39 is 17.8 Å². The second-order valence-electron chi connectivity index (χ2n) is 7.55. The monoisotopic (exact) mass is 400 g/mol. The smallest absolute Gasteiger partial charge is 0.328 e. The number of ether oxygens (including phenoxy) is 2. The highest BCUT2D eigenvalue weighted by Gasteiger charge is 2.27. The normalized spacial score (nSPS) is 17.6. The molecule has 0 atom stereocenters. The first-order valence-corrected chi connectivity index (χ1v) is 10.3. The van der Waals surface area contributed by atoms with Crippen LogP contribution >= 0.6 is 0 Å². The molecule has 1 aliphatic heterocycles. The maximum Gasteiger partial charge on any atom is 0.328 e. The van der Waals surface area contributed by atoms with Crippen LogP contribution in [0.2, 0.25) is 0 Å². The summed E-state index contributed by atoms with van der Waals surface area (Å²) in [5.74, 6) is 0.576. The fourth-order valence-electron chi connectivity index (χ4n) is 3.86. The first-order valence-electron chi connectivity index (χ1n) is 10.3. The lowest BCUT2D eigenvalue weighted by atomic mass is 9.86. The van der Waals surface area contributed by atoms with Crippen molar-refractivity contribution in [2.24, 2.45) is 5.92 Å². The number of hydrogen-bond acceptors (Lipinski definition) is 5. The van der Waals surface area contributed by atoms with Gasteiger partial charge in [-0.1, -0.05) is 44.6 Å². The van der Waals surface area contributed by atoms with Crippen LogP contribution in [0.4, 0.5) is 4.79 Å². The van der Waals surface area contributed by atoms with Crippen LogP contribution in [0.5, 0.6) is 11.5 Å². The van der Waals surface area contributed by atoms with Gasteiger partial charge < -0.3 is 9.47 Å². The van der Waals surface area contributed by atoms with Gasteiger partial charge in [-0.25, -0.2) is 4.79 Å². The molecule has 0 spiro atoms. The van der Waals surface area contributed by atoms with Crippen LogP contribution in [0, 0.1) is 5.92 Å². The summed E-state index contributed by atoms with van der Waals surface area (Å²) in [6.45, 7) is 0.582. The Bertz CT molecular complexity index is 774. The Balaban J connectivity index is 1.58. The molecule has 7 heteroatoms. The Hall–Kier alpha value is -2.83. The molecular formula is C22H28N2O5. The van der Waals surface area contributed by atoms with Gasteiger partial charge in [0.1, 0.15) is 5.57 Å². The summed E-state index contributed by atoms with van der Waals surface area (Å²) in [5, 5.41) is 4.12. The fraction of sp³-hybridized carbons (Fsp3) is 0.500. The summed E-state index contributed by atoms with van der Waals surface area (Å²) in [5.41, 5.74) is 0.478. The Morgan fingerprint density at radius 3 is 2.41 bits per heavy atom. The molecule has 1 saturated heterocycles. The van der Waals surface area contributed by atoms with E-state index in [-0.39, 0.29) is 5.57 Å². The van der Waals surface area contributed by atoms with Crippen molar-refractivity contribution < 1.29 is 23.9 Å². The van der Waals surface area contributed by atoms with Crippen LogP contribution in [0.25, 0.3) is 6.08 Å². The van der Waals surface area contributed by atoms with Gasteiger partial charge in [0, 0.05) is 0 Å². The van der Waals surface area contributed by atoms with Crippen molar-refractivity contribution in [2.75, 3.05) is 13.7 Å². The molecule has 4 amide bonds. The molecule has 0 radical (unpaired) electrons. The van der Waals surface area contributed by atoms with Crippen LogP contribution < -0.4 is 20.1 Å². The molecule has 2 fully saturated rings. The van der Waals surface area contributed by atoms with Crippen molar-refractivity contribution in [2.45, 2.75) is 51.4 Å². The molecule has 3 rings (SSSR count). The van der Waals surface area contributed by atoms with Crippen molar-refractivity contribution in [3.05, 3.63) is 29.3 Å². The lowest BCUT2D eigenvalue weighted by Gasteiger charge is -2.21. The average Bonchev–Trinajstić information content (AvgIpc) is 2.71. The number of rotatable bonds is 8. The molecule has 2 aliphatic rings. The number of benzene rings is 1. The second-order valence-corrected chi connectivity index (χ2v) is 7.55. The van der Waals surface area contributed by atoms with Gasteiger partial charge in [0.25, 0.3) is 11.8 Å². The average molecular weight is 400 g/mol. The molecular weight excluding hydrogens is 372 g/mol. The molecule has 1 heterocycles. The molecule has 1 aromatic carbocycles. The van der Waals surface area contributed by atoms with Gasteiger partial charge in [-0.3, -0.25) is 20.2 Å². The molecule has 1 saturated carbocycles. The number of hydrogen-bond donors (Lipinski definition) is 2. The summed E-state index contributed by atoms with van der Waals surface area (Å²) in [6, 6.07) is 4.36. The number of imide groups is 2. The first kappa shape index (κ1) is 20.9. The lowest BCUT2D eigenvalue weighted by Crippen LogP contribution is -2.51. The fourth-order valence-corrected chi connectivity index (χ4v) is 3.86. The van der Waals surface area contributed by atoms with E-state index in [1.807, 2.05) is 0 Å². The van der Waals surface area contributed by atoms with E-state index in [1.165, 1.54) is 44.6 Å². The van der Waals surface area contributed by atoms with E-state index in [1.54, 1.807) is 25.3 Å². The number of barbiturate groups is 1. The third-order valence-electron chi connectivity index (χ3n) is 5.43. The summed E-state index contributed by atoms with van der Waals surface area (Å²) in [6.07, 6.45) is 11.6. The maximum atomic E-state index is 11.9. The molecule has 7 nitrogen and oxygen atoms in total. The van der Waals surface area contributed by atoms with Crippen LogP contribution in [-0.4, -0.2) is 31.6 Å². The maximum absolute atomic E-state index is 11.9. The van der Waals surface area contributed by atoms with Gasteiger partial charge in [0.2, 0.25) is 0 Å². The minimum Gasteiger partial charge on any atom is -0.493 e. The van der Waals surface area contributed by atoms with Crippen molar-refractivity contribution in [3.8, 4) is 11.5 Å². The number of methoxy groups -OCH3 is 1. The van der Waals surface area contributed by atoms with Crippen LogP contribution in [0.15, 0.2) is 23.8 Å². The Morgan fingerprint density at radius 2 is 1.72 bits per heavy atom. The predicted molar refractivity (Wildman–Crippen MR) is 109 cm³/mol. The minimum absolute atomic E-state index is 0.131. The topological polar surface area (TPSA) is 93.7 Å². The Kier molecular flexibility index (Phi) is 7.27. The number of urea groups is 1. The van der Waals surface area contributed by atoms with Crippen LogP contribution in [0.3, 0.4) is 0 Å². The number of carbonyl (C=O) groups is 3. The van der Waals surface area contributed by atoms with Gasteiger partial charge in [-0.05, 0) is 42.5 Å². The SMILES string of the molecule is COc1ccc(C=C2C(=O)NC(=O)NC2=O)cc1OCCCCC1CCCCC1. The molecule has 2 N–H and O–H groups in total. The van der Waals surface area contributed by atoms with E-state index in [4.69, 9.17) is 9.47 Å². The number of carbonyl (C=O) groups excluding carboxylic acids is 3. The molecule has 1 aromatic rings. The summed E-state index contributed by atoms with van der Waals surface area (Å²) >= 11 is 0. The standard InChI is InChI=1S/C22H28N2O5/c1-28-18-11-10-16(13-17-20(25)23-22(27)24-21(17)26)14-19(18)29-12-6-5-9-15-7-3-2-4-8-15/h10-11,13-15H,2-9,12H2,1H3,(H2,23,24,25,26,27). The highest BCUT2D eigenvalue weighted by molar-refractivity contribution is 6.31. The molecule has 0 bridgehead atoms. The minimum atomic E-state index is -0.816. The quantitative estimate of drug-likeness (QED) is 0.395. The van der Waals surface area contributed by atoms with Crippen molar-refractivity contribution in [3.63, 3.8) is 0 Å². The van der Waals surface area contributed by atoms with E-state index in [2.05, 4.69) is 10.6 Å². The summed E-state index contributed by atoms with van der Waals surface area (Å²) in [7, 11) is 1.57. The summed E-state index contributed by atoms with van der Waals surface area (Å²) < 4.78 is 11.3. The van der Waals surface area contributed by atoms with Crippen molar-refractivity contribution in [1.29, 1.82) is 0 Å². The van der Waals surface area contributed by atoms with Crippen LogP contribution in [-0.2, 0) is 9.59 Å². The van der Waals surface area contributed by atoms with Gasteiger partial charge >= 0.3 is 6.03 Å². The number of nitrogens with one attached hydrogen (secondary N) is 2. The largest absolute Gasteiger partial charge is 0.493 e. The first-order chi connectivity index (χ1) is 14.1. The highest BCUT2D eigenvalue weighted by Crippen LogP contribution is 2.30. The highest BCUT2D eigenvalue weighted by atomic mass is 16.5. The molecule has 1 aliphatic carbocycles. The zero-order valence-corrected chi connectivity index (χ0v) is 16.8. The van der Waals surface area contributed by atoms with Gasteiger partial charge in [0.05, 0.1) is 13.7 Å². The summed E-state index contributed by atoms with van der Waals surface area (Å²) in [4.78, 5) is 34.9. The number of unbranched alkanes of at least 4 members (excludes halogenated alkanes) is 1. The van der Waals surface area contributed by atoms with E-state index >= 15 is 0 Å². The van der Waals surface area contributed by atoms with Gasteiger partial charge in [-0.15, -0.1) is 0 Å². The van der Waals surface area contributed by atoms with E-state index in [9.17, 15) is 14.4 Å². The molecule has 29 heavy (non-hydrogen) atoms. The Morgan fingerprint density at radius 1 is 1.00 bits per heavy atom. The molecule has 0 unspecified atom stereocenters. The molecule has 0 aromatic heterocycles. The lowest BCUT2D eigenvalue weighted by molar-refractivity contribution is -0.123. The van der Waals surface area contributed by atoms with Crippen molar-refractivity contribution in [1.82, 2.24) is 10.6 Å². The van der Waals surface area contributed by atoms with Gasteiger partial charge in [0.15, 0.2) is 11.5 Å². The zero-order valence-electron chi connectivity index (χ0n) is 16.8. The Labute approximate surface area is 170 Å². The molecule has 156 valence electrons. The predicted octanol–water partition coefficient (Wildman–Crippen LogP) is 3.57. The third-order valence-corrected chi connectivity index (χ3v) is 5.43. The number of amides is 4. The second kappa shape index (κ2) is 10.1. The van der Waals surface area contributed by atoms with E-state index in [0.717, 1.165) is 18.8 Å². The van der Waals surface area contributed by atoms with E-state index in [0.29, 0.717) is 23.7 Å².